The highest BCUT2D eigenvalue weighted by molar-refractivity contribution is 6.02. The molecule has 0 bridgehead atoms. The molecule has 1 amide bonds. The molecule has 0 saturated carbocycles. The third-order valence-corrected chi connectivity index (χ3v) is 2.03. The molecule has 0 aliphatic heterocycles. The van der Waals surface area contributed by atoms with Crippen molar-refractivity contribution in [3.05, 3.63) is 41.9 Å². The lowest BCUT2D eigenvalue weighted by molar-refractivity contribution is -0.141. The lowest BCUT2D eigenvalue weighted by Crippen LogP contribution is -2.15. The van der Waals surface area contributed by atoms with Gasteiger partial charge in [-0.15, -0.1) is 0 Å². The molecule has 8 heteroatoms. The molecule has 0 spiro atoms. The molecule has 18 heavy (non-hydrogen) atoms. The summed E-state index contributed by atoms with van der Waals surface area (Å²) < 4.78 is 37.2. The van der Waals surface area contributed by atoms with E-state index < -0.39 is 17.8 Å². The highest BCUT2D eigenvalue weighted by Gasteiger charge is 2.32. The number of carbonyl (C=O) groups excluding carboxylic acids is 1. The van der Waals surface area contributed by atoms with E-state index in [4.69, 9.17) is 0 Å². The predicted molar refractivity (Wildman–Crippen MR) is 55.8 cm³/mol. The highest BCUT2D eigenvalue weighted by Crippen LogP contribution is 2.28. The summed E-state index contributed by atoms with van der Waals surface area (Å²) in [4.78, 5) is 14.8. The van der Waals surface area contributed by atoms with E-state index in [0.29, 0.717) is 0 Å². The Labute approximate surface area is 99.0 Å². The molecule has 2 aromatic rings. The van der Waals surface area contributed by atoms with Gasteiger partial charge in [-0.3, -0.25) is 9.89 Å². The Morgan fingerprint density at radius 2 is 2.06 bits per heavy atom. The molecular formula is C10H7F3N4O. The first-order valence-electron chi connectivity index (χ1n) is 4.82. The van der Waals surface area contributed by atoms with Gasteiger partial charge in [-0.1, -0.05) is 6.07 Å². The summed E-state index contributed by atoms with van der Waals surface area (Å²) in [6, 6.07) is 4.65. The number of hydrogen-bond donors (Lipinski definition) is 2. The number of amides is 1. The maximum absolute atomic E-state index is 12.4. The van der Waals surface area contributed by atoms with Gasteiger partial charge in [0.25, 0.3) is 5.91 Å². The van der Waals surface area contributed by atoms with E-state index in [9.17, 15) is 18.0 Å². The molecule has 0 fully saturated rings. The number of aromatic nitrogens is 3. The van der Waals surface area contributed by atoms with Crippen LogP contribution in [0.4, 0.5) is 19.0 Å². The fourth-order valence-electron chi connectivity index (χ4n) is 1.23. The average molecular weight is 256 g/mol. The number of pyridine rings is 1. The third-order valence-electron chi connectivity index (χ3n) is 2.03. The van der Waals surface area contributed by atoms with E-state index in [-0.39, 0.29) is 11.5 Å². The second kappa shape index (κ2) is 4.47. The van der Waals surface area contributed by atoms with Gasteiger partial charge in [-0.05, 0) is 18.2 Å². The zero-order valence-electron chi connectivity index (χ0n) is 8.82. The summed E-state index contributed by atoms with van der Waals surface area (Å²) in [5, 5.41) is 8.18. The van der Waals surface area contributed by atoms with E-state index in [2.05, 4.69) is 20.5 Å². The number of nitrogens with zero attached hydrogens (tertiary/aromatic N) is 2. The van der Waals surface area contributed by atoms with E-state index in [1.807, 2.05) is 0 Å². The molecule has 94 valence electrons. The summed E-state index contributed by atoms with van der Waals surface area (Å²) in [5.74, 6) is -0.788. The lowest BCUT2D eigenvalue weighted by atomic mass is 10.3. The number of anilines is 1. The summed E-state index contributed by atoms with van der Waals surface area (Å²) in [6.07, 6.45) is -3.19. The SMILES string of the molecule is O=C(Nc1cccc(C(F)(F)F)n1)c1ccn[nH]1. The Hall–Kier alpha value is -2.38. The van der Waals surface area contributed by atoms with Crippen molar-refractivity contribution in [1.82, 2.24) is 15.2 Å². The minimum atomic E-state index is -4.55. The van der Waals surface area contributed by atoms with Crippen LogP contribution in [-0.4, -0.2) is 21.1 Å². The molecule has 0 unspecified atom stereocenters. The zero-order chi connectivity index (χ0) is 13.2. The molecule has 0 atom stereocenters. The summed E-state index contributed by atoms with van der Waals surface area (Å²) in [5.41, 5.74) is -0.931. The summed E-state index contributed by atoms with van der Waals surface area (Å²) in [7, 11) is 0. The van der Waals surface area contributed by atoms with E-state index >= 15 is 0 Å². The van der Waals surface area contributed by atoms with Crippen LogP contribution in [0.25, 0.3) is 0 Å². The Balaban J connectivity index is 2.18. The molecule has 2 aromatic heterocycles. The minimum Gasteiger partial charge on any atom is -0.305 e. The number of alkyl halides is 3. The zero-order valence-corrected chi connectivity index (χ0v) is 8.82. The number of aromatic amines is 1. The topological polar surface area (TPSA) is 70.7 Å². The average Bonchev–Trinajstić information content (AvgIpc) is 2.81. The van der Waals surface area contributed by atoms with Crippen molar-refractivity contribution < 1.29 is 18.0 Å². The third kappa shape index (κ3) is 2.65. The van der Waals surface area contributed by atoms with E-state index in [0.717, 1.165) is 6.07 Å². The number of nitrogens with one attached hydrogen (secondary N) is 2. The quantitative estimate of drug-likeness (QED) is 0.864. The van der Waals surface area contributed by atoms with Crippen LogP contribution in [0.5, 0.6) is 0 Å². The number of halogens is 3. The largest absolute Gasteiger partial charge is 0.433 e. The van der Waals surface area contributed by atoms with Crippen molar-refractivity contribution in [3.63, 3.8) is 0 Å². The smallest absolute Gasteiger partial charge is 0.305 e. The van der Waals surface area contributed by atoms with Crippen LogP contribution in [0.15, 0.2) is 30.5 Å². The monoisotopic (exact) mass is 256 g/mol. The van der Waals surface area contributed by atoms with E-state index in [1.165, 1.54) is 24.4 Å². The lowest BCUT2D eigenvalue weighted by Gasteiger charge is -2.08. The second-order valence-electron chi connectivity index (χ2n) is 3.33. The van der Waals surface area contributed by atoms with Crippen LogP contribution in [0.3, 0.4) is 0 Å². The van der Waals surface area contributed by atoms with Crippen LogP contribution in [0.1, 0.15) is 16.2 Å². The maximum atomic E-state index is 12.4. The van der Waals surface area contributed by atoms with Crippen molar-refractivity contribution in [1.29, 1.82) is 0 Å². The van der Waals surface area contributed by atoms with Crippen molar-refractivity contribution >= 4 is 11.7 Å². The molecule has 0 aliphatic carbocycles. The number of H-pyrrole nitrogens is 1. The molecule has 0 aliphatic rings. The molecule has 5 nitrogen and oxygen atoms in total. The molecule has 0 aromatic carbocycles. The first-order chi connectivity index (χ1) is 8.47. The summed E-state index contributed by atoms with van der Waals surface area (Å²) in [6.45, 7) is 0. The van der Waals surface area contributed by atoms with Gasteiger partial charge in [0.05, 0.1) is 0 Å². The second-order valence-corrected chi connectivity index (χ2v) is 3.33. The van der Waals surface area contributed by atoms with Crippen molar-refractivity contribution in [2.75, 3.05) is 5.32 Å². The maximum Gasteiger partial charge on any atom is 0.433 e. The first-order valence-corrected chi connectivity index (χ1v) is 4.82. The van der Waals surface area contributed by atoms with Gasteiger partial charge in [-0.2, -0.15) is 18.3 Å². The molecule has 2 rings (SSSR count). The van der Waals surface area contributed by atoms with E-state index in [1.54, 1.807) is 0 Å². The predicted octanol–water partition coefficient (Wildman–Crippen LogP) is 2.08. The van der Waals surface area contributed by atoms with Gasteiger partial charge < -0.3 is 5.32 Å². The fourth-order valence-corrected chi connectivity index (χ4v) is 1.23. The number of rotatable bonds is 2. The first kappa shape index (κ1) is 12.1. The van der Waals surface area contributed by atoms with Crippen molar-refractivity contribution in [3.8, 4) is 0 Å². The Morgan fingerprint density at radius 3 is 2.67 bits per heavy atom. The van der Waals surface area contributed by atoms with Crippen LogP contribution >= 0.6 is 0 Å². The van der Waals surface area contributed by atoms with Gasteiger partial charge in [0.1, 0.15) is 17.2 Å². The molecule has 2 N–H and O–H groups in total. The Bertz CT molecular complexity index is 551. The molecule has 2 heterocycles. The van der Waals surface area contributed by atoms with Gasteiger partial charge in [0, 0.05) is 6.20 Å². The highest BCUT2D eigenvalue weighted by atomic mass is 19.4. The van der Waals surface area contributed by atoms with Gasteiger partial charge in [0.2, 0.25) is 0 Å². The fraction of sp³-hybridized carbons (Fsp3) is 0.100. The number of carbonyl (C=O) groups is 1. The van der Waals surface area contributed by atoms with Crippen LogP contribution < -0.4 is 5.32 Å². The van der Waals surface area contributed by atoms with Crippen LogP contribution in [0, 0.1) is 0 Å². The Morgan fingerprint density at radius 1 is 1.28 bits per heavy atom. The minimum absolute atomic E-state index is 0.134. The molecular weight excluding hydrogens is 249 g/mol. The van der Waals surface area contributed by atoms with Crippen molar-refractivity contribution in [2.24, 2.45) is 0 Å². The van der Waals surface area contributed by atoms with Crippen LogP contribution in [0.2, 0.25) is 0 Å². The summed E-state index contributed by atoms with van der Waals surface area (Å²) >= 11 is 0. The van der Waals surface area contributed by atoms with Gasteiger partial charge in [-0.25, -0.2) is 4.98 Å². The van der Waals surface area contributed by atoms with Gasteiger partial charge >= 0.3 is 6.18 Å². The van der Waals surface area contributed by atoms with Crippen LogP contribution in [-0.2, 0) is 6.18 Å². The Kier molecular flexibility index (Phi) is 3.00. The molecule has 0 saturated heterocycles. The number of hydrogen-bond acceptors (Lipinski definition) is 3. The van der Waals surface area contributed by atoms with Crippen molar-refractivity contribution in [2.45, 2.75) is 6.18 Å². The standard InChI is InChI=1S/C10H7F3N4O/c11-10(12,13)7-2-1-3-8(15-7)16-9(18)6-4-5-14-17-6/h1-5H,(H,14,17)(H,15,16,18). The van der Waals surface area contributed by atoms with Gasteiger partial charge in [0.15, 0.2) is 0 Å². The molecule has 0 radical (unpaired) electrons. The normalized spacial score (nSPS) is 11.3.